The van der Waals surface area contributed by atoms with Crippen LogP contribution in [0.4, 0.5) is 0 Å². The number of carbonyl (C=O) groups excluding carboxylic acids is 1. The fourth-order valence-corrected chi connectivity index (χ4v) is 3.20. The topological polar surface area (TPSA) is 82.9 Å². The second-order valence-corrected chi connectivity index (χ2v) is 6.64. The van der Waals surface area contributed by atoms with E-state index in [0.29, 0.717) is 10.6 Å². The van der Waals surface area contributed by atoms with Gasteiger partial charge in [-0.3, -0.25) is 14.5 Å². The van der Waals surface area contributed by atoms with Crippen LogP contribution in [-0.4, -0.2) is 37.9 Å². The highest BCUT2D eigenvalue weighted by Crippen LogP contribution is 2.35. The van der Waals surface area contributed by atoms with Crippen molar-refractivity contribution in [3.63, 3.8) is 0 Å². The number of hydrogen-bond donors (Lipinski definition) is 3. The molecular formula is C13H16N4O2S2. The molecule has 1 fully saturated rings. The summed E-state index contributed by atoms with van der Waals surface area (Å²) in [5.74, 6) is 0.503. The lowest BCUT2D eigenvalue weighted by Crippen LogP contribution is -2.43. The number of H-pyrrole nitrogens is 1. The summed E-state index contributed by atoms with van der Waals surface area (Å²) in [5, 5.41) is 21.1. The Morgan fingerprint density at radius 1 is 1.71 bits per heavy atom. The summed E-state index contributed by atoms with van der Waals surface area (Å²) in [5.41, 5.74) is -0.430. The summed E-state index contributed by atoms with van der Waals surface area (Å²) in [6.45, 7) is 1.76. The maximum absolute atomic E-state index is 12.4. The Bertz CT molecular complexity index is 700. The molecule has 8 heteroatoms. The number of carbonyl (C=O) groups is 1. The second kappa shape index (κ2) is 5.36. The van der Waals surface area contributed by atoms with E-state index in [1.165, 1.54) is 0 Å². The molecule has 0 aromatic carbocycles. The standard InChI is InChI=1S/C13H16N4O2S2/c1-8(11(19)14-13(7-18)4-5-13)17-10(15-16-12(17)20)9-3-2-6-21-9/h2-3,6,8,18H,4-5,7H2,1H3,(H,14,19)(H,16,20). The van der Waals surface area contributed by atoms with Gasteiger partial charge in [0.05, 0.1) is 17.0 Å². The van der Waals surface area contributed by atoms with Gasteiger partial charge < -0.3 is 10.4 Å². The van der Waals surface area contributed by atoms with Gasteiger partial charge in [0, 0.05) is 0 Å². The van der Waals surface area contributed by atoms with E-state index in [9.17, 15) is 9.90 Å². The molecular weight excluding hydrogens is 308 g/mol. The quantitative estimate of drug-likeness (QED) is 0.733. The van der Waals surface area contributed by atoms with Crippen molar-refractivity contribution in [2.45, 2.75) is 31.3 Å². The van der Waals surface area contributed by atoms with Gasteiger partial charge in [-0.2, -0.15) is 5.10 Å². The van der Waals surface area contributed by atoms with Crippen LogP contribution >= 0.6 is 23.6 Å². The lowest BCUT2D eigenvalue weighted by atomic mass is 10.2. The van der Waals surface area contributed by atoms with Crippen LogP contribution in [-0.2, 0) is 4.79 Å². The van der Waals surface area contributed by atoms with E-state index in [1.54, 1.807) is 22.8 Å². The molecule has 3 rings (SSSR count). The van der Waals surface area contributed by atoms with Gasteiger partial charge in [0.15, 0.2) is 10.6 Å². The summed E-state index contributed by atoms with van der Waals surface area (Å²) in [4.78, 5) is 13.4. The Kier molecular flexibility index (Phi) is 3.68. The van der Waals surface area contributed by atoms with Gasteiger partial charge in [-0.05, 0) is 43.4 Å². The van der Waals surface area contributed by atoms with Crippen LogP contribution in [0.3, 0.4) is 0 Å². The molecule has 0 saturated heterocycles. The molecule has 0 radical (unpaired) electrons. The third kappa shape index (κ3) is 2.66. The Morgan fingerprint density at radius 2 is 2.48 bits per heavy atom. The van der Waals surface area contributed by atoms with Crippen molar-refractivity contribution in [3.8, 4) is 10.7 Å². The van der Waals surface area contributed by atoms with E-state index < -0.39 is 11.6 Å². The van der Waals surface area contributed by atoms with E-state index in [4.69, 9.17) is 12.2 Å². The van der Waals surface area contributed by atoms with E-state index in [-0.39, 0.29) is 12.5 Å². The summed E-state index contributed by atoms with van der Waals surface area (Å²) in [6.07, 6.45) is 1.63. The molecule has 2 aromatic heterocycles. The average molecular weight is 324 g/mol. The van der Waals surface area contributed by atoms with E-state index in [1.807, 2.05) is 17.5 Å². The molecule has 3 N–H and O–H groups in total. The van der Waals surface area contributed by atoms with Crippen LogP contribution < -0.4 is 5.32 Å². The van der Waals surface area contributed by atoms with Gasteiger partial charge >= 0.3 is 0 Å². The van der Waals surface area contributed by atoms with E-state index in [2.05, 4.69) is 15.5 Å². The average Bonchev–Trinajstić information content (AvgIpc) is 2.89. The molecule has 2 aromatic rings. The molecule has 1 aliphatic carbocycles. The van der Waals surface area contributed by atoms with E-state index >= 15 is 0 Å². The molecule has 1 atom stereocenters. The van der Waals surface area contributed by atoms with Crippen LogP contribution in [0.1, 0.15) is 25.8 Å². The third-order valence-electron chi connectivity index (χ3n) is 3.76. The van der Waals surface area contributed by atoms with E-state index in [0.717, 1.165) is 17.7 Å². The van der Waals surface area contributed by atoms with Crippen LogP contribution in [0.2, 0.25) is 0 Å². The molecule has 1 amide bonds. The van der Waals surface area contributed by atoms with Gasteiger partial charge in [-0.1, -0.05) is 6.07 Å². The molecule has 0 aliphatic heterocycles. The minimum atomic E-state index is -0.489. The first-order valence-corrected chi connectivity index (χ1v) is 7.99. The Labute approximate surface area is 130 Å². The fourth-order valence-electron chi connectivity index (χ4n) is 2.20. The number of aliphatic hydroxyl groups is 1. The number of amides is 1. The first kappa shape index (κ1) is 14.4. The number of thiophene rings is 1. The van der Waals surface area contributed by atoms with Gasteiger partial charge in [-0.15, -0.1) is 11.3 Å². The number of aromatic amines is 1. The van der Waals surface area contributed by atoms with Crippen molar-refractivity contribution >= 4 is 29.5 Å². The van der Waals surface area contributed by atoms with Crippen molar-refractivity contribution in [2.24, 2.45) is 0 Å². The van der Waals surface area contributed by atoms with Gasteiger partial charge in [-0.25, -0.2) is 0 Å². The van der Waals surface area contributed by atoms with Gasteiger partial charge in [0.25, 0.3) is 0 Å². The number of hydrogen-bond acceptors (Lipinski definition) is 5. The monoisotopic (exact) mass is 324 g/mol. The molecule has 112 valence electrons. The number of aliphatic hydroxyl groups excluding tert-OH is 1. The van der Waals surface area contributed by atoms with Gasteiger partial charge in [0.1, 0.15) is 6.04 Å². The normalized spacial score (nSPS) is 17.4. The van der Waals surface area contributed by atoms with Crippen LogP contribution in [0, 0.1) is 4.77 Å². The molecule has 1 saturated carbocycles. The first-order chi connectivity index (χ1) is 10.1. The second-order valence-electron chi connectivity index (χ2n) is 5.30. The zero-order valence-corrected chi connectivity index (χ0v) is 13.1. The van der Waals surface area contributed by atoms with Crippen LogP contribution in [0.5, 0.6) is 0 Å². The third-order valence-corrected chi connectivity index (χ3v) is 4.91. The molecule has 0 spiro atoms. The lowest BCUT2D eigenvalue weighted by Gasteiger charge is -2.19. The van der Waals surface area contributed by atoms with Crippen molar-refractivity contribution in [2.75, 3.05) is 6.61 Å². The molecule has 1 unspecified atom stereocenters. The minimum Gasteiger partial charge on any atom is -0.394 e. The molecule has 21 heavy (non-hydrogen) atoms. The molecule has 2 heterocycles. The smallest absolute Gasteiger partial charge is 0.243 e. The lowest BCUT2D eigenvalue weighted by molar-refractivity contribution is -0.125. The van der Waals surface area contributed by atoms with Gasteiger partial charge in [0.2, 0.25) is 5.91 Å². The summed E-state index contributed by atoms with van der Waals surface area (Å²) in [7, 11) is 0. The number of aromatic nitrogens is 3. The van der Waals surface area contributed by atoms with Crippen molar-refractivity contribution in [3.05, 3.63) is 22.3 Å². The summed E-state index contributed by atoms with van der Waals surface area (Å²) >= 11 is 6.79. The largest absolute Gasteiger partial charge is 0.394 e. The highest BCUT2D eigenvalue weighted by molar-refractivity contribution is 7.71. The Morgan fingerprint density at radius 3 is 3.05 bits per heavy atom. The summed E-state index contributed by atoms with van der Waals surface area (Å²) < 4.78 is 2.12. The van der Waals surface area contributed by atoms with Crippen molar-refractivity contribution in [1.82, 2.24) is 20.1 Å². The fraction of sp³-hybridized carbons (Fsp3) is 0.462. The van der Waals surface area contributed by atoms with Crippen LogP contribution in [0.15, 0.2) is 17.5 Å². The molecule has 0 bridgehead atoms. The maximum atomic E-state index is 12.4. The highest BCUT2D eigenvalue weighted by atomic mass is 32.1. The predicted molar refractivity (Wildman–Crippen MR) is 82.6 cm³/mol. The number of nitrogens with one attached hydrogen (secondary N) is 2. The number of nitrogens with zero attached hydrogens (tertiary/aromatic N) is 2. The zero-order valence-electron chi connectivity index (χ0n) is 11.5. The van der Waals surface area contributed by atoms with Crippen LogP contribution in [0.25, 0.3) is 10.7 Å². The maximum Gasteiger partial charge on any atom is 0.243 e. The molecule has 1 aliphatic rings. The number of rotatable bonds is 5. The van der Waals surface area contributed by atoms with Crippen molar-refractivity contribution < 1.29 is 9.90 Å². The summed E-state index contributed by atoms with van der Waals surface area (Å²) in [6, 6.07) is 3.38. The highest BCUT2D eigenvalue weighted by Gasteiger charge is 2.44. The SMILES string of the molecule is CC(C(=O)NC1(CO)CC1)n1c(-c2cccs2)n[nH]c1=S. The molecule has 6 nitrogen and oxygen atoms in total. The predicted octanol–water partition coefficient (Wildman–Crippen LogP) is 1.87. The first-order valence-electron chi connectivity index (χ1n) is 6.70. The zero-order chi connectivity index (χ0) is 15.0. The van der Waals surface area contributed by atoms with Crippen molar-refractivity contribution in [1.29, 1.82) is 0 Å². The Balaban J connectivity index is 1.88. The Hall–Kier alpha value is -1.51. The minimum absolute atomic E-state index is 0.0278.